The summed E-state index contributed by atoms with van der Waals surface area (Å²) in [5.41, 5.74) is 2.70. The summed E-state index contributed by atoms with van der Waals surface area (Å²) in [6, 6.07) is 8.48. The molecule has 118 valence electrons. The van der Waals surface area contributed by atoms with Crippen molar-refractivity contribution in [1.29, 1.82) is 0 Å². The molecular weight excluding hydrogens is 282 g/mol. The van der Waals surface area contributed by atoms with E-state index >= 15 is 0 Å². The SMILES string of the molecule is CC1(C)CCCC(C)(C)N1OCCc1ccc(CCl)cc1. The van der Waals surface area contributed by atoms with Crippen LogP contribution in [0.1, 0.15) is 58.1 Å². The second-order valence-corrected chi connectivity index (χ2v) is 7.57. The van der Waals surface area contributed by atoms with Crippen LogP contribution in [0, 0.1) is 0 Å². The summed E-state index contributed by atoms with van der Waals surface area (Å²) in [4.78, 5) is 6.18. The number of benzene rings is 1. The third kappa shape index (κ3) is 4.21. The molecule has 1 aliphatic heterocycles. The van der Waals surface area contributed by atoms with Crippen molar-refractivity contribution in [1.82, 2.24) is 5.06 Å². The number of rotatable bonds is 5. The van der Waals surface area contributed by atoms with Crippen LogP contribution < -0.4 is 0 Å². The van der Waals surface area contributed by atoms with E-state index in [-0.39, 0.29) is 11.1 Å². The summed E-state index contributed by atoms with van der Waals surface area (Å²) in [7, 11) is 0. The van der Waals surface area contributed by atoms with Crippen LogP contribution in [0.3, 0.4) is 0 Å². The van der Waals surface area contributed by atoms with Crippen LogP contribution in [0.5, 0.6) is 0 Å². The van der Waals surface area contributed by atoms with E-state index in [4.69, 9.17) is 16.4 Å². The lowest BCUT2D eigenvalue weighted by atomic mass is 9.82. The molecule has 1 aromatic carbocycles. The van der Waals surface area contributed by atoms with Gasteiger partial charge < -0.3 is 0 Å². The fourth-order valence-electron chi connectivity index (χ4n) is 3.38. The van der Waals surface area contributed by atoms with E-state index in [0.717, 1.165) is 13.0 Å². The topological polar surface area (TPSA) is 12.5 Å². The lowest BCUT2D eigenvalue weighted by Crippen LogP contribution is -2.58. The van der Waals surface area contributed by atoms with E-state index in [9.17, 15) is 0 Å². The highest BCUT2D eigenvalue weighted by Crippen LogP contribution is 2.38. The van der Waals surface area contributed by atoms with Crippen molar-refractivity contribution in [2.75, 3.05) is 6.61 Å². The minimum atomic E-state index is 0.115. The molecule has 0 N–H and O–H groups in total. The van der Waals surface area contributed by atoms with Crippen molar-refractivity contribution in [3.05, 3.63) is 35.4 Å². The quantitative estimate of drug-likeness (QED) is 0.714. The van der Waals surface area contributed by atoms with Crippen molar-refractivity contribution in [2.24, 2.45) is 0 Å². The summed E-state index contributed by atoms with van der Waals surface area (Å²) in [6.07, 6.45) is 4.60. The molecule has 1 saturated heterocycles. The third-order valence-corrected chi connectivity index (χ3v) is 4.77. The maximum absolute atomic E-state index is 6.18. The fraction of sp³-hybridized carbons (Fsp3) is 0.667. The van der Waals surface area contributed by atoms with Crippen LogP contribution in [0.25, 0.3) is 0 Å². The van der Waals surface area contributed by atoms with E-state index < -0.39 is 0 Å². The highest BCUT2D eigenvalue weighted by molar-refractivity contribution is 6.17. The van der Waals surface area contributed by atoms with Crippen molar-refractivity contribution in [3.8, 4) is 0 Å². The summed E-state index contributed by atoms with van der Waals surface area (Å²) in [5.74, 6) is 0.576. The van der Waals surface area contributed by atoms with Gasteiger partial charge >= 0.3 is 0 Å². The van der Waals surface area contributed by atoms with Gasteiger partial charge in [0.2, 0.25) is 0 Å². The Labute approximate surface area is 134 Å². The van der Waals surface area contributed by atoms with Crippen molar-refractivity contribution < 1.29 is 4.84 Å². The highest BCUT2D eigenvalue weighted by Gasteiger charge is 2.42. The van der Waals surface area contributed by atoms with E-state index in [2.05, 4.69) is 57.0 Å². The zero-order valence-electron chi connectivity index (χ0n) is 13.8. The predicted molar refractivity (Wildman–Crippen MR) is 89.5 cm³/mol. The molecule has 0 aromatic heterocycles. The number of hydrogen-bond donors (Lipinski definition) is 0. The Hall–Kier alpha value is -0.570. The summed E-state index contributed by atoms with van der Waals surface area (Å²) >= 11 is 5.82. The van der Waals surface area contributed by atoms with E-state index in [1.165, 1.54) is 30.4 Å². The average molecular weight is 310 g/mol. The van der Waals surface area contributed by atoms with Gasteiger partial charge in [-0.3, -0.25) is 4.84 Å². The van der Waals surface area contributed by atoms with Gasteiger partial charge in [-0.1, -0.05) is 24.3 Å². The number of alkyl halides is 1. The van der Waals surface area contributed by atoms with Crippen LogP contribution in [0.4, 0.5) is 0 Å². The molecule has 1 aromatic rings. The largest absolute Gasteiger partial charge is 0.298 e. The van der Waals surface area contributed by atoms with Crippen molar-refractivity contribution in [2.45, 2.75) is 70.3 Å². The van der Waals surface area contributed by atoms with Gasteiger partial charge in [0.25, 0.3) is 0 Å². The standard InChI is InChI=1S/C18H28ClNO/c1-17(2)11-5-12-18(3,4)20(17)21-13-10-15-6-8-16(14-19)9-7-15/h6-9H,5,10-14H2,1-4H3. The maximum Gasteiger partial charge on any atom is 0.0725 e. The van der Waals surface area contributed by atoms with Gasteiger partial charge in [0.15, 0.2) is 0 Å². The Morgan fingerprint density at radius 1 is 1.00 bits per heavy atom. The van der Waals surface area contributed by atoms with Crippen LogP contribution >= 0.6 is 11.6 Å². The Balaban J connectivity index is 1.91. The summed E-state index contributed by atoms with van der Waals surface area (Å²) in [6.45, 7) is 9.85. The van der Waals surface area contributed by atoms with Crippen LogP contribution in [-0.4, -0.2) is 22.7 Å². The van der Waals surface area contributed by atoms with Crippen LogP contribution in [0.2, 0.25) is 0 Å². The molecule has 1 aliphatic rings. The van der Waals surface area contributed by atoms with Crippen molar-refractivity contribution in [3.63, 3.8) is 0 Å². The predicted octanol–water partition coefficient (Wildman–Crippen LogP) is 4.94. The summed E-state index contributed by atoms with van der Waals surface area (Å²) in [5, 5.41) is 2.23. The number of hydroxylamine groups is 2. The van der Waals surface area contributed by atoms with Gasteiger partial charge in [0, 0.05) is 17.0 Å². The van der Waals surface area contributed by atoms with Crippen LogP contribution in [0.15, 0.2) is 24.3 Å². The number of nitrogens with zero attached hydrogens (tertiary/aromatic N) is 1. The molecule has 2 nitrogen and oxygen atoms in total. The number of piperidine rings is 1. The first-order chi connectivity index (χ1) is 9.85. The Morgan fingerprint density at radius 3 is 2.05 bits per heavy atom. The molecule has 2 rings (SSSR count). The first-order valence-corrected chi connectivity index (χ1v) is 8.46. The first-order valence-electron chi connectivity index (χ1n) is 7.92. The van der Waals surface area contributed by atoms with E-state index in [1.807, 2.05) is 0 Å². The third-order valence-electron chi connectivity index (χ3n) is 4.47. The lowest BCUT2D eigenvalue weighted by molar-refractivity contribution is -0.280. The van der Waals surface area contributed by atoms with Gasteiger partial charge in [-0.15, -0.1) is 11.6 Å². The highest BCUT2D eigenvalue weighted by atomic mass is 35.5. The Kier molecular flexibility index (Phi) is 5.34. The van der Waals surface area contributed by atoms with E-state index in [0.29, 0.717) is 5.88 Å². The second-order valence-electron chi connectivity index (χ2n) is 7.31. The molecule has 0 bridgehead atoms. The van der Waals surface area contributed by atoms with E-state index in [1.54, 1.807) is 0 Å². The first kappa shape index (κ1) is 16.8. The Morgan fingerprint density at radius 2 is 1.52 bits per heavy atom. The summed E-state index contributed by atoms with van der Waals surface area (Å²) < 4.78 is 0. The molecule has 0 unspecified atom stereocenters. The minimum Gasteiger partial charge on any atom is -0.298 e. The molecule has 0 saturated carbocycles. The second kappa shape index (κ2) is 6.68. The normalized spacial score (nSPS) is 21.4. The molecule has 0 atom stereocenters. The lowest BCUT2D eigenvalue weighted by Gasteiger charge is -2.51. The van der Waals surface area contributed by atoms with Crippen molar-refractivity contribution >= 4 is 11.6 Å². The van der Waals surface area contributed by atoms with Gasteiger partial charge in [-0.25, -0.2) is 0 Å². The maximum atomic E-state index is 6.18. The zero-order valence-corrected chi connectivity index (χ0v) is 14.5. The number of hydrogen-bond acceptors (Lipinski definition) is 2. The fourth-order valence-corrected chi connectivity index (χ4v) is 3.55. The molecule has 0 amide bonds. The molecule has 1 fully saturated rings. The molecule has 1 heterocycles. The smallest absolute Gasteiger partial charge is 0.0725 e. The number of halogens is 1. The molecule has 0 radical (unpaired) electrons. The minimum absolute atomic E-state index is 0.115. The molecule has 21 heavy (non-hydrogen) atoms. The monoisotopic (exact) mass is 309 g/mol. The molecule has 3 heteroatoms. The molecule has 0 aliphatic carbocycles. The molecule has 0 spiro atoms. The van der Waals surface area contributed by atoms with Gasteiger partial charge in [-0.05, 0) is 64.5 Å². The Bertz CT molecular complexity index is 437. The zero-order chi connectivity index (χ0) is 15.5. The van der Waals surface area contributed by atoms with Gasteiger partial charge in [0.05, 0.1) is 6.61 Å². The van der Waals surface area contributed by atoms with Crippen LogP contribution in [-0.2, 0) is 17.1 Å². The molecular formula is C18H28ClNO. The average Bonchev–Trinajstić information content (AvgIpc) is 2.42. The van der Waals surface area contributed by atoms with Gasteiger partial charge in [-0.2, -0.15) is 5.06 Å². The van der Waals surface area contributed by atoms with Gasteiger partial charge in [0.1, 0.15) is 0 Å².